The SMILES string of the molecule is CCc1nnc(Nc2cc(C)nc([C@H]3CN(C(=O)Cc4ccc(F)cc4)CCO3)c2)s1. The van der Waals surface area contributed by atoms with Crippen LogP contribution in [0.3, 0.4) is 0 Å². The van der Waals surface area contributed by atoms with E-state index in [-0.39, 0.29) is 24.2 Å². The first-order valence-corrected chi connectivity index (χ1v) is 11.0. The van der Waals surface area contributed by atoms with Crippen LogP contribution in [-0.4, -0.2) is 45.7 Å². The van der Waals surface area contributed by atoms with Gasteiger partial charge in [0.1, 0.15) is 16.9 Å². The number of aromatic nitrogens is 3. The summed E-state index contributed by atoms with van der Waals surface area (Å²) in [5, 5.41) is 13.3. The van der Waals surface area contributed by atoms with Crippen LogP contribution in [-0.2, 0) is 22.4 Å². The molecule has 1 aliphatic heterocycles. The molecule has 3 aromatic rings. The molecule has 9 heteroatoms. The van der Waals surface area contributed by atoms with E-state index in [4.69, 9.17) is 4.74 Å². The number of carbonyl (C=O) groups excluding carboxylic acids is 1. The zero-order valence-corrected chi connectivity index (χ0v) is 18.3. The number of benzene rings is 1. The minimum atomic E-state index is -0.313. The van der Waals surface area contributed by atoms with Crippen molar-refractivity contribution >= 4 is 28.1 Å². The van der Waals surface area contributed by atoms with Crippen molar-refractivity contribution in [1.29, 1.82) is 0 Å². The maximum Gasteiger partial charge on any atom is 0.227 e. The molecule has 0 spiro atoms. The van der Waals surface area contributed by atoms with Crippen molar-refractivity contribution in [1.82, 2.24) is 20.1 Å². The lowest BCUT2D eigenvalue weighted by atomic mass is 10.1. The molecule has 0 unspecified atom stereocenters. The number of ether oxygens (including phenoxy) is 1. The minimum absolute atomic E-state index is 0.00753. The zero-order valence-electron chi connectivity index (χ0n) is 17.5. The van der Waals surface area contributed by atoms with Crippen molar-refractivity contribution in [2.75, 3.05) is 25.0 Å². The minimum Gasteiger partial charge on any atom is -0.368 e. The molecule has 31 heavy (non-hydrogen) atoms. The van der Waals surface area contributed by atoms with Crippen LogP contribution in [0.4, 0.5) is 15.2 Å². The van der Waals surface area contributed by atoms with Crippen LogP contribution in [0.1, 0.15) is 35.0 Å². The number of rotatable bonds is 6. The van der Waals surface area contributed by atoms with Gasteiger partial charge in [-0.1, -0.05) is 30.4 Å². The molecule has 162 valence electrons. The van der Waals surface area contributed by atoms with Crippen LogP contribution in [0.25, 0.3) is 0 Å². The van der Waals surface area contributed by atoms with E-state index in [0.29, 0.717) is 19.7 Å². The van der Waals surface area contributed by atoms with Gasteiger partial charge in [0, 0.05) is 17.9 Å². The van der Waals surface area contributed by atoms with Gasteiger partial charge in [0.25, 0.3) is 0 Å². The van der Waals surface area contributed by atoms with Crippen LogP contribution >= 0.6 is 11.3 Å². The van der Waals surface area contributed by atoms with Gasteiger partial charge >= 0.3 is 0 Å². The quantitative estimate of drug-likeness (QED) is 0.626. The summed E-state index contributed by atoms with van der Waals surface area (Å²) in [5.41, 5.74) is 3.26. The molecule has 1 saturated heterocycles. The summed E-state index contributed by atoms with van der Waals surface area (Å²) in [4.78, 5) is 19.2. The third-order valence-corrected chi connectivity index (χ3v) is 5.99. The molecule has 1 atom stereocenters. The molecule has 0 radical (unpaired) electrons. The molecule has 0 bridgehead atoms. The number of aryl methyl sites for hydroxylation is 2. The summed E-state index contributed by atoms with van der Waals surface area (Å²) in [6.45, 7) is 5.36. The molecule has 0 aliphatic carbocycles. The second-order valence-electron chi connectivity index (χ2n) is 7.40. The fraction of sp³-hybridized carbons (Fsp3) is 0.364. The van der Waals surface area contributed by atoms with Crippen molar-refractivity contribution in [3.63, 3.8) is 0 Å². The van der Waals surface area contributed by atoms with Gasteiger partial charge in [-0.2, -0.15) is 0 Å². The number of hydrogen-bond acceptors (Lipinski definition) is 7. The van der Waals surface area contributed by atoms with Crippen molar-refractivity contribution in [2.24, 2.45) is 0 Å². The Balaban J connectivity index is 1.45. The van der Waals surface area contributed by atoms with Gasteiger partial charge in [-0.25, -0.2) is 4.39 Å². The van der Waals surface area contributed by atoms with E-state index in [1.807, 2.05) is 26.0 Å². The number of anilines is 2. The number of pyridine rings is 1. The van der Waals surface area contributed by atoms with Crippen molar-refractivity contribution in [3.05, 3.63) is 64.2 Å². The van der Waals surface area contributed by atoms with E-state index in [1.54, 1.807) is 17.0 Å². The second-order valence-corrected chi connectivity index (χ2v) is 8.47. The zero-order chi connectivity index (χ0) is 21.8. The lowest BCUT2D eigenvalue weighted by Gasteiger charge is -2.33. The molecule has 4 rings (SSSR count). The number of hydrogen-bond donors (Lipinski definition) is 1. The Labute approximate surface area is 184 Å². The van der Waals surface area contributed by atoms with Gasteiger partial charge < -0.3 is 15.0 Å². The summed E-state index contributed by atoms with van der Waals surface area (Å²) in [7, 11) is 0. The summed E-state index contributed by atoms with van der Waals surface area (Å²) in [6.07, 6.45) is 0.766. The molecule has 1 N–H and O–H groups in total. The number of nitrogens with zero attached hydrogens (tertiary/aromatic N) is 4. The Bertz CT molecular complexity index is 1060. The molecule has 1 fully saturated rings. The topological polar surface area (TPSA) is 80.2 Å². The highest BCUT2D eigenvalue weighted by atomic mass is 32.1. The van der Waals surface area contributed by atoms with E-state index >= 15 is 0 Å². The van der Waals surface area contributed by atoms with E-state index in [0.717, 1.165) is 39.2 Å². The van der Waals surface area contributed by atoms with Gasteiger partial charge in [0.15, 0.2) is 0 Å². The van der Waals surface area contributed by atoms with Crippen molar-refractivity contribution < 1.29 is 13.9 Å². The summed E-state index contributed by atoms with van der Waals surface area (Å²) in [6, 6.07) is 9.90. The van der Waals surface area contributed by atoms with Gasteiger partial charge in [0.2, 0.25) is 11.0 Å². The lowest BCUT2D eigenvalue weighted by Crippen LogP contribution is -2.43. The lowest BCUT2D eigenvalue weighted by molar-refractivity contribution is -0.138. The monoisotopic (exact) mass is 441 g/mol. The standard InChI is InChI=1S/C22H24FN5O2S/c1-3-20-26-27-22(31-20)25-17-10-14(2)24-18(12-17)19-13-28(8-9-30-19)21(29)11-15-4-6-16(23)7-5-15/h4-7,10,12,19H,3,8-9,11,13H2,1-2H3,(H,24,25,27)/t19-/m1/s1. The average Bonchev–Trinajstić information content (AvgIpc) is 3.22. The average molecular weight is 442 g/mol. The second kappa shape index (κ2) is 9.49. The normalized spacial score (nSPS) is 16.4. The fourth-order valence-corrected chi connectivity index (χ4v) is 4.14. The Morgan fingerprint density at radius 2 is 2.10 bits per heavy atom. The van der Waals surface area contributed by atoms with E-state index in [1.165, 1.54) is 23.5 Å². The number of carbonyl (C=O) groups is 1. The largest absolute Gasteiger partial charge is 0.368 e. The molecule has 1 aliphatic rings. The van der Waals surface area contributed by atoms with Gasteiger partial charge in [0.05, 0.1) is 25.3 Å². The third-order valence-electron chi connectivity index (χ3n) is 5.01. The fourth-order valence-electron chi connectivity index (χ4n) is 3.45. The Hall–Kier alpha value is -2.91. The predicted octanol–water partition coefficient (Wildman–Crippen LogP) is 3.83. The number of nitrogens with one attached hydrogen (secondary N) is 1. The first kappa shape index (κ1) is 21.3. The Morgan fingerprint density at radius 3 is 2.84 bits per heavy atom. The van der Waals surface area contributed by atoms with Crippen molar-refractivity contribution in [2.45, 2.75) is 32.8 Å². The third kappa shape index (κ3) is 5.42. The van der Waals surface area contributed by atoms with E-state index in [9.17, 15) is 9.18 Å². The van der Waals surface area contributed by atoms with Gasteiger partial charge in [-0.3, -0.25) is 9.78 Å². The molecule has 3 heterocycles. The highest BCUT2D eigenvalue weighted by Crippen LogP contribution is 2.27. The van der Waals surface area contributed by atoms with Crippen LogP contribution in [0.5, 0.6) is 0 Å². The molecule has 2 aromatic heterocycles. The summed E-state index contributed by atoms with van der Waals surface area (Å²) >= 11 is 1.52. The Kier molecular flexibility index (Phi) is 6.53. The van der Waals surface area contributed by atoms with Crippen molar-refractivity contribution in [3.8, 4) is 0 Å². The Morgan fingerprint density at radius 1 is 1.29 bits per heavy atom. The maximum atomic E-state index is 13.1. The number of morpholine rings is 1. The van der Waals surface area contributed by atoms with Crippen LogP contribution < -0.4 is 5.32 Å². The van der Waals surface area contributed by atoms with Gasteiger partial charge in [-0.05, 0) is 43.2 Å². The molecular weight excluding hydrogens is 417 g/mol. The highest BCUT2D eigenvalue weighted by molar-refractivity contribution is 7.15. The van der Waals surface area contributed by atoms with E-state index in [2.05, 4.69) is 20.5 Å². The molecule has 1 aromatic carbocycles. The smallest absolute Gasteiger partial charge is 0.227 e. The molecular formula is C22H24FN5O2S. The first-order valence-electron chi connectivity index (χ1n) is 10.2. The predicted molar refractivity (Wildman–Crippen MR) is 117 cm³/mol. The molecule has 0 saturated carbocycles. The number of halogens is 1. The molecule has 1 amide bonds. The maximum absolute atomic E-state index is 13.1. The summed E-state index contributed by atoms with van der Waals surface area (Å²) in [5.74, 6) is -0.316. The summed E-state index contributed by atoms with van der Waals surface area (Å²) < 4.78 is 19.0. The van der Waals surface area contributed by atoms with Crippen LogP contribution in [0.15, 0.2) is 36.4 Å². The van der Waals surface area contributed by atoms with E-state index < -0.39 is 0 Å². The molecule has 7 nitrogen and oxygen atoms in total. The number of amides is 1. The highest BCUT2D eigenvalue weighted by Gasteiger charge is 2.27. The van der Waals surface area contributed by atoms with Crippen LogP contribution in [0, 0.1) is 12.7 Å². The van der Waals surface area contributed by atoms with Gasteiger partial charge in [-0.15, -0.1) is 10.2 Å². The first-order chi connectivity index (χ1) is 15.0. The van der Waals surface area contributed by atoms with Crippen LogP contribution in [0.2, 0.25) is 0 Å².